The van der Waals surface area contributed by atoms with E-state index in [9.17, 15) is 8.42 Å². The first kappa shape index (κ1) is 15.7. The Balaban J connectivity index is 1.87. The number of hydrogen-bond acceptors (Lipinski definition) is 6. The van der Waals surface area contributed by atoms with Crippen molar-refractivity contribution >= 4 is 43.1 Å². The normalized spacial score (nSPS) is 11.6. The van der Waals surface area contributed by atoms with Gasteiger partial charge in [0, 0.05) is 6.54 Å². The van der Waals surface area contributed by atoms with Crippen LogP contribution in [-0.2, 0) is 16.6 Å². The zero-order valence-electron chi connectivity index (χ0n) is 12.7. The highest BCUT2D eigenvalue weighted by atomic mass is 32.2. The molecule has 8 heteroatoms. The van der Waals surface area contributed by atoms with Crippen LogP contribution in [0, 0.1) is 6.92 Å². The van der Waals surface area contributed by atoms with Gasteiger partial charge in [0.15, 0.2) is 0 Å². The van der Waals surface area contributed by atoms with Crippen molar-refractivity contribution in [2.24, 2.45) is 0 Å². The predicted molar refractivity (Wildman–Crippen MR) is 94.4 cm³/mol. The topological polar surface area (TPSA) is 84.0 Å². The fourth-order valence-corrected chi connectivity index (χ4v) is 3.79. The average molecular weight is 348 g/mol. The average Bonchev–Trinajstić information content (AvgIpc) is 2.87. The molecular weight excluding hydrogens is 332 g/mol. The van der Waals surface area contributed by atoms with Crippen LogP contribution in [0.3, 0.4) is 0 Å². The lowest BCUT2D eigenvalue weighted by molar-refractivity contribution is 0.606. The van der Waals surface area contributed by atoms with Gasteiger partial charge >= 0.3 is 0 Å². The number of rotatable bonds is 5. The van der Waals surface area contributed by atoms with Crippen LogP contribution in [0.4, 0.5) is 11.5 Å². The zero-order chi connectivity index (χ0) is 16.4. The fraction of sp³-hybridized carbons (Fsp3) is 0.200. The molecule has 0 amide bonds. The highest BCUT2D eigenvalue weighted by Gasteiger charge is 2.10. The molecule has 0 aliphatic heterocycles. The molecule has 0 saturated carbocycles. The van der Waals surface area contributed by atoms with Gasteiger partial charge in [-0.3, -0.25) is 4.72 Å². The van der Waals surface area contributed by atoms with Crippen molar-refractivity contribution < 1.29 is 8.42 Å². The van der Waals surface area contributed by atoms with Crippen LogP contribution in [-0.4, -0.2) is 24.6 Å². The quantitative estimate of drug-likeness (QED) is 0.740. The molecule has 3 rings (SSSR count). The molecule has 0 saturated heterocycles. The maximum Gasteiger partial charge on any atom is 0.229 e. The number of benzene rings is 1. The number of sulfonamides is 1. The number of nitrogens with one attached hydrogen (secondary N) is 2. The minimum atomic E-state index is -3.32. The summed E-state index contributed by atoms with van der Waals surface area (Å²) >= 11 is 1.58. The van der Waals surface area contributed by atoms with Crippen LogP contribution in [0.5, 0.6) is 0 Å². The molecule has 2 heterocycles. The molecule has 1 aromatic carbocycles. The Labute approximate surface area is 138 Å². The lowest BCUT2D eigenvalue weighted by atomic mass is 10.2. The van der Waals surface area contributed by atoms with Crippen LogP contribution in [0.25, 0.3) is 10.2 Å². The Morgan fingerprint density at radius 3 is 2.78 bits per heavy atom. The van der Waals surface area contributed by atoms with E-state index in [-0.39, 0.29) is 0 Å². The van der Waals surface area contributed by atoms with Crippen molar-refractivity contribution in [2.45, 2.75) is 13.5 Å². The third-order valence-electron chi connectivity index (χ3n) is 3.31. The molecule has 0 spiro atoms. The summed E-state index contributed by atoms with van der Waals surface area (Å²) in [5.41, 5.74) is 2.53. The van der Waals surface area contributed by atoms with E-state index >= 15 is 0 Å². The Hall–Kier alpha value is -2.19. The monoisotopic (exact) mass is 348 g/mol. The van der Waals surface area contributed by atoms with Crippen LogP contribution < -0.4 is 10.0 Å². The van der Waals surface area contributed by atoms with Crippen LogP contribution in [0.1, 0.15) is 11.1 Å². The highest BCUT2D eigenvalue weighted by Crippen LogP contribution is 2.29. The molecule has 2 N–H and O–H groups in total. The van der Waals surface area contributed by atoms with Crippen molar-refractivity contribution in [3.63, 3.8) is 0 Å². The predicted octanol–water partition coefficient (Wildman–Crippen LogP) is 2.98. The van der Waals surface area contributed by atoms with Gasteiger partial charge in [0.05, 0.1) is 17.3 Å². The summed E-state index contributed by atoms with van der Waals surface area (Å²) in [6.07, 6.45) is 2.67. The number of aryl methyl sites for hydroxylation is 1. The molecule has 3 aromatic rings. The molecular formula is C15H16N4O2S2. The van der Waals surface area contributed by atoms with Crippen molar-refractivity contribution in [3.05, 3.63) is 47.1 Å². The maximum atomic E-state index is 11.5. The van der Waals surface area contributed by atoms with Crippen molar-refractivity contribution in [2.75, 3.05) is 16.3 Å². The van der Waals surface area contributed by atoms with E-state index in [1.54, 1.807) is 23.5 Å². The molecule has 0 bridgehead atoms. The molecule has 2 aromatic heterocycles. The number of para-hydroxylation sites is 1. The van der Waals surface area contributed by atoms with Crippen molar-refractivity contribution in [1.82, 2.24) is 9.97 Å². The van der Waals surface area contributed by atoms with Gasteiger partial charge in [0.25, 0.3) is 0 Å². The number of hydrogen-bond donors (Lipinski definition) is 2. The van der Waals surface area contributed by atoms with E-state index < -0.39 is 10.0 Å². The SMILES string of the molecule is Cc1csc2ncnc(NCc3ccccc3NS(C)(=O)=O)c12. The van der Waals surface area contributed by atoms with Gasteiger partial charge in [-0.25, -0.2) is 18.4 Å². The molecule has 0 fully saturated rings. The first-order chi connectivity index (χ1) is 10.9. The summed E-state index contributed by atoms with van der Waals surface area (Å²) in [7, 11) is -3.32. The largest absolute Gasteiger partial charge is 0.365 e. The van der Waals surface area contributed by atoms with Gasteiger partial charge in [-0.05, 0) is 29.5 Å². The van der Waals surface area contributed by atoms with Gasteiger partial charge in [0.2, 0.25) is 10.0 Å². The van der Waals surface area contributed by atoms with E-state index in [2.05, 4.69) is 20.0 Å². The number of fused-ring (bicyclic) bond motifs is 1. The second-order valence-corrected chi connectivity index (χ2v) is 7.81. The number of thiophene rings is 1. The Bertz CT molecular complexity index is 951. The molecule has 6 nitrogen and oxygen atoms in total. The summed E-state index contributed by atoms with van der Waals surface area (Å²) in [4.78, 5) is 9.50. The lowest BCUT2D eigenvalue weighted by Crippen LogP contribution is -2.12. The van der Waals surface area contributed by atoms with Crippen molar-refractivity contribution in [3.8, 4) is 0 Å². The zero-order valence-corrected chi connectivity index (χ0v) is 14.3. The molecule has 0 aliphatic rings. The first-order valence-electron chi connectivity index (χ1n) is 6.92. The summed E-state index contributed by atoms with van der Waals surface area (Å²) in [5.74, 6) is 0.753. The summed E-state index contributed by atoms with van der Waals surface area (Å²) in [6.45, 7) is 2.48. The third kappa shape index (κ3) is 3.59. The minimum absolute atomic E-state index is 0.458. The molecule has 23 heavy (non-hydrogen) atoms. The van der Waals surface area contributed by atoms with E-state index in [1.165, 1.54) is 6.33 Å². The second-order valence-electron chi connectivity index (χ2n) is 5.21. The number of nitrogens with zero attached hydrogens (tertiary/aromatic N) is 2. The molecule has 120 valence electrons. The third-order valence-corrected chi connectivity index (χ3v) is 4.91. The van der Waals surface area contributed by atoms with Gasteiger partial charge in [-0.15, -0.1) is 11.3 Å². The van der Waals surface area contributed by atoms with Crippen molar-refractivity contribution in [1.29, 1.82) is 0 Å². The van der Waals surface area contributed by atoms with E-state index in [4.69, 9.17) is 0 Å². The van der Waals surface area contributed by atoms with Gasteiger partial charge < -0.3 is 5.32 Å². The van der Waals surface area contributed by atoms with Gasteiger partial charge in [-0.2, -0.15) is 0 Å². The highest BCUT2D eigenvalue weighted by molar-refractivity contribution is 7.92. The van der Waals surface area contributed by atoms with E-state index in [1.807, 2.05) is 24.4 Å². The molecule has 0 atom stereocenters. The number of aromatic nitrogens is 2. The van der Waals surface area contributed by atoms with E-state index in [0.717, 1.165) is 33.4 Å². The summed E-state index contributed by atoms with van der Waals surface area (Å²) < 4.78 is 25.5. The van der Waals surface area contributed by atoms with Crippen LogP contribution in [0.15, 0.2) is 36.0 Å². The Morgan fingerprint density at radius 1 is 1.22 bits per heavy atom. The molecule has 0 aliphatic carbocycles. The standard InChI is InChI=1S/C15H16N4O2S2/c1-10-8-22-15-13(10)14(17-9-18-15)16-7-11-5-3-4-6-12(11)19-23(2,20)21/h3-6,8-9,19H,7H2,1-2H3,(H,16,17,18). The first-order valence-corrected chi connectivity index (χ1v) is 9.69. The fourth-order valence-electron chi connectivity index (χ4n) is 2.30. The number of anilines is 2. The minimum Gasteiger partial charge on any atom is -0.365 e. The molecule has 0 unspecified atom stereocenters. The molecule has 0 radical (unpaired) electrons. The Morgan fingerprint density at radius 2 is 2.00 bits per heavy atom. The van der Waals surface area contributed by atoms with Gasteiger partial charge in [0.1, 0.15) is 17.0 Å². The van der Waals surface area contributed by atoms with Crippen LogP contribution in [0.2, 0.25) is 0 Å². The summed E-state index contributed by atoms with van der Waals surface area (Å²) in [6, 6.07) is 7.28. The summed E-state index contributed by atoms with van der Waals surface area (Å²) in [5, 5.41) is 6.33. The Kier molecular flexibility index (Phi) is 4.18. The lowest BCUT2D eigenvalue weighted by Gasteiger charge is -2.12. The van der Waals surface area contributed by atoms with E-state index in [0.29, 0.717) is 12.2 Å². The smallest absolute Gasteiger partial charge is 0.229 e. The van der Waals surface area contributed by atoms with Crippen LogP contribution >= 0.6 is 11.3 Å². The second kappa shape index (κ2) is 6.13. The van der Waals surface area contributed by atoms with Gasteiger partial charge in [-0.1, -0.05) is 18.2 Å². The maximum absolute atomic E-state index is 11.5.